The van der Waals surface area contributed by atoms with Gasteiger partial charge in [-0.1, -0.05) is 25.1 Å². The van der Waals surface area contributed by atoms with Gasteiger partial charge in [0.05, 0.1) is 29.0 Å². The average molecular weight is 521 g/mol. The van der Waals surface area contributed by atoms with E-state index >= 15 is 0 Å². The number of rotatable bonds is 8. The molecule has 11 nitrogen and oxygen atoms in total. The van der Waals surface area contributed by atoms with Gasteiger partial charge in [-0.2, -0.15) is 0 Å². The first kappa shape index (κ1) is 25.4. The summed E-state index contributed by atoms with van der Waals surface area (Å²) < 4.78 is 12.6. The van der Waals surface area contributed by atoms with E-state index in [1.807, 2.05) is 30.3 Å². The van der Waals surface area contributed by atoms with Gasteiger partial charge < -0.3 is 30.2 Å². The summed E-state index contributed by atoms with van der Waals surface area (Å²) in [5.74, 6) is -1.82. The van der Waals surface area contributed by atoms with Crippen molar-refractivity contribution in [3.8, 4) is 11.4 Å². The molecule has 1 aromatic carbocycles. The summed E-state index contributed by atoms with van der Waals surface area (Å²) in [5, 5.41) is 12.4. The highest BCUT2D eigenvalue weighted by Gasteiger charge is 2.50. The number of nitrogens with zero attached hydrogens (tertiary/aromatic N) is 2. The Bertz CT molecular complexity index is 1520. The predicted octanol–water partition coefficient (Wildman–Crippen LogP) is 2.40. The van der Waals surface area contributed by atoms with Gasteiger partial charge in [0.25, 0.3) is 5.56 Å². The maximum atomic E-state index is 13.5. The largest absolute Gasteiger partial charge is 0.480 e. The number of carboxylic acids is 1. The third-order valence-corrected chi connectivity index (χ3v) is 7.18. The van der Waals surface area contributed by atoms with Gasteiger partial charge in [-0.25, -0.2) is 14.6 Å². The molecule has 0 radical (unpaired) electrons. The molecule has 2 atom stereocenters. The lowest BCUT2D eigenvalue weighted by Gasteiger charge is -2.35. The van der Waals surface area contributed by atoms with Crippen LogP contribution in [0, 0.1) is 0 Å². The topological polar surface area (TPSA) is 163 Å². The lowest BCUT2D eigenvalue weighted by molar-refractivity contribution is -0.172. The number of benzene rings is 1. The van der Waals surface area contributed by atoms with E-state index < -0.39 is 29.7 Å². The van der Waals surface area contributed by atoms with E-state index in [-0.39, 0.29) is 37.1 Å². The number of para-hydroxylation sites is 1. The molecule has 198 valence electrons. The molecule has 4 N–H and O–H groups in total. The summed E-state index contributed by atoms with van der Waals surface area (Å²) in [5.41, 5.74) is 6.83. The third-order valence-electron chi connectivity index (χ3n) is 7.18. The monoisotopic (exact) mass is 520 g/mol. The Morgan fingerprint density at radius 2 is 2.05 bits per heavy atom. The van der Waals surface area contributed by atoms with Crippen LogP contribution in [0.4, 0.5) is 4.79 Å². The van der Waals surface area contributed by atoms with Crippen LogP contribution in [0.15, 0.2) is 41.2 Å². The molecule has 4 heterocycles. The van der Waals surface area contributed by atoms with E-state index in [0.717, 1.165) is 16.5 Å². The Hall–Kier alpha value is -4.25. The molecule has 0 spiro atoms. The lowest BCUT2D eigenvalue weighted by atomic mass is 9.85. The van der Waals surface area contributed by atoms with Crippen LogP contribution >= 0.6 is 0 Å². The van der Waals surface area contributed by atoms with Gasteiger partial charge >= 0.3 is 18.0 Å². The number of nitrogens with one attached hydrogen (secondary N) is 1. The quantitative estimate of drug-likeness (QED) is 0.234. The number of aliphatic carboxylic acids is 1. The summed E-state index contributed by atoms with van der Waals surface area (Å²) in [6.45, 7) is 2.01. The minimum Gasteiger partial charge on any atom is -0.480 e. The molecule has 1 amide bonds. The second kappa shape index (κ2) is 9.90. The molecule has 0 unspecified atom stereocenters. The van der Waals surface area contributed by atoms with Gasteiger partial charge in [0.2, 0.25) is 5.60 Å². The van der Waals surface area contributed by atoms with E-state index in [4.69, 9.17) is 25.3 Å². The van der Waals surface area contributed by atoms with Crippen LogP contribution in [0.5, 0.6) is 0 Å². The Balaban J connectivity index is 1.43. The van der Waals surface area contributed by atoms with Crippen molar-refractivity contribution < 1.29 is 29.0 Å². The number of unbranched alkanes of at least 4 members (excludes halogenated alkanes) is 1. The number of esters is 1. The molecule has 2 aliphatic rings. The number of carbonyl (C=O) groups is 3. The Morgan fingerprint density at radius 3 is 2.82 bits per heavy atom. The summed E-state index contributed by atoms with van der Waals surface area (Å²) >= 11 is 0. The highest BCUT2D eigenvalue weighted by Crippen LogP contribution is 2.40. The number of carbonyl (C=O) groups excluding carboxylic acids is 2. The van der Waals surface area contributed by atoms with Crippen LogP contribution < -0.4 is 16.6 Å². The number of ether oxygens (including phenoxy) is 2. The summed E-state index contributed by atoms with van der Waals surface area (Å²) in [6, 6.07) is 10.4. The lowest BCUT2D eigenvalue weighted by Crippen LogP contribution is -2.49. The fraction of sp³-hybridized carbons (Fsp3) is 0.370. The van der Waals surface area contributed by atoms with E-state index in [1.54, 1.807) is 17.6 Å². The highest BCUT2D eigenvalue weighted by atomic mass is 16.6. The van der Waals surface area contributed by atoms with Gasteiger partial charge in [0.15, 0.2) is 0 Å². The number of hydrogen-bond donors (Lipinski definition) is 3. The first-order valence-corrected chi connectivity index (χ1v) is 12.5. The van der Waals surface area contributed by atoms with Crippen LogP contribution in [0.3, 0.4) is 0 Å². The van der Waals surface area contributed by atoms with Gasteiger partial charge in [-0.15, -0.1) is 0 Å². The SMILES string of the molecule is CC[C@@]1(OC(=O)NCCCC[C@H](N)C(=O)O)C(=O)OCc2c1cc1n(c2=O)Cc2cc3ccccc3nc2-1. The maximum absolute atomic E-state index is 13.5. The zero-order chi connectivity index (χ0) is 27.0. The van der Waals surface area contributed by atoms with E-state index in [1.165, 1.54) is 0 Å². The first-order valence-electron chi connectivity index (χ1n) is 12.5. The third kappa shape index (κ3) is 4.28. The van der Waals surface area contributed by atoms with Crippen molar-refractivity contribution in [1.29, 1.82) is 0 Å². The normalized spacial score (nSPS) is 18.2. The molecular formula is C27H28N4O7. The van der Waals surface area contributed by atoms with Crippen molar-refractivity contribution in [1.82, 2.24) is 14.9 Å². The molecule has 0 bridgehead atoms. The number of alkyl carbamates (subject to hydrolysis) is 1. The molecule has 0 saturated carbocycles. The highest BCUT2D eigenvalue weighted by molar-refractivity contribution is 5.88. The summed E-state index contributed by atoms with van der Waals surface area (Å²) in [7, 11) is 0. The van der Waals surface area contributed by atoms with Crippen molar-refractivity contribution in [3.05, 3.63) is 63.4 Å². The molecule has 2 aromatic heterocycles. The van der Waals surface area contributed by atoms with Crippen molar-refractivity contribution in [2.45, 2.75) is 57.4 Å². The number of carboxylic acid groups (broad SMARTS) is 1. The molecule has 0 fully saturated rings. The van der Waals surface area contributed by atoms with Crippen molar-refractivity contribution >= 4 is 28.9 Å². The number of aromatic nitrogens is 2. The molecule has 5 rings (SSSR count). The smallest absolute Gasteiger partial charge is 0.408 e. The van der Waals surface area contributed by atoms with Gasteiger partial charge in [-0.05, 0) is 43.9 Å². The number of hydrogen-bond acceptors (Lipinski definition) is 8. The molecule has 11 heteroatoms. The standard InChI is InChI=1S/C27H28N4O7/c1-2-27(38-26(36)29-10-6-5-8-19(28)24(33)34)18-12-21-22-16(11-15-7-3-4-9-20(15)30-22)13-31(21)23(32)17(18)14-37-25(27)35/h3-4,7,9,11-12,19H,2,5-6,8,10,13-14,28H2,1H3,(H,29,36)(H,33,34)/t19-,27-/m0/s1. The summed E-state index contributed by atoms with van der Waals surface area (Å²) in [4.78, 5) is 55.0. The maximum Gasteiger partial charge on any atom is 0.408 e. The molecule has 38 heavy (non-hydrogen) atoms. The number of fused-ring (bicyclic) bond motifs is 5. The van der Waals surface area contributed by atoms with E-state index in [2.05, 4.69) is 5.32 Å². The summed E-state index contributed by atoms with van der Waals surface area (Å²) in [6.07, 6.45) is 0.443. The van der Waals surface area contributed by atoms with Crippen molar-refractivity contribution in [2.75, 3.05) is 6.54 Å². The first-order chi connectivity index (χ1) is 18.2. The fourth-order valence-electron chi connectivity index (χ4n) is 5.08. The van der Waals surface area contributed by atoms with Gasteiger partial charge in [-0.3, -0.25) is 9.59 Å². The minimum atomic E-state index is -1.79. The van der Waals surface area contributed by atoms with Crippen LogP contribution in [0.2, 0.25) is 0 Å². The van der Waals surface area contributed by atoms with Gasteiger partial charge in [0.1, 0.15) is 12.6 Å². The molecule has 0 aliphatic carbocycles. The number of amides is 1. The van der Waals surface area contributed by atoms with Crippen LogP contribution in [-0.2, 0) is 37.8 Å². The van der Waals surface area contributed by atoms with Crippen molar-refractivity contribution in [2.24, 2.45) is 5.73 Å². The Kier molecular flexibility index (Phi) is 6.62. The molecular weight excluding hydrogens is 492 g/mol. The fourth-order valence-corrected chi connectivity index (χ4v) is 5.08. The molecule has 0 saturated heterocycles. The number of pyridine rings is 2. The minimum absolute atomic E-state index is 0.0562. The predicted molar refractivity (Wildman–Crippen MR) is 136 cm³/mol. The van der Waals surface area contributed by atoms with Gasteiger partial charge in [0, 0.05) is 23.1 Å². The molecule has 3 aromatic rings. The van der Waals surface area contributed by atoms with E-state index in [9.17, 15) is 19.2 Å². The second-order valence-electron chi connectivity index (χ2n) is 9.52. The Morgan fingerprint density at radius 1 is 1.26 bits per heavy atom. The zero-order valence-corrected chi connectivity index (χ0v) is 20.9. The molecule has 2 aliphatic heterocycles. The van der Waals surface area contributed by atoms with Crippen LogP contribution in [0.1, 0.15) is 49.3 Å². The second-order valence-corrected chi connectivity index (χ2v) is 9.52. The number of cyclic esters (lactones) is 1. The van der Waals surface area contributed by atoms with Crippen molar-refractivity contribution in [3.63, 3.8) is 0 Å². The Labute approximate surface area is 217 Å². The van der Waals surface area contributed by atoms with E-state index in [0.29, 0.717) is 36.3 Å². The van der Waals surface area contributed by atoms with Crippen LogP contribution in [-0.4, -0.2) is 45.3 Å². The number of nitrogens with two attached hydrogens (primary N) is 1. The average Bonchev–Trinajstić information content (AvgIpc) is 3.26. The zero-order valence-electron chi connectivity index (χ0n) is 20.9. The van der Waals surface area contributed by atoms with Crippen LogP contribution in [0.25, 0.3) is 22.3 Å².